The third kappa shape index (κ3) is 3.48. The van der Waals surface area contributed by atoms with Crippen LogP contribution in [0.5, 0.6) is 11.5 Å². The fraction of sp³-hybridized carbons (Fsp3) is 0.235. The summed E-state index contributed by atoms with van der Waals surface area (Å²) in [7, 11) is 3.21. The van der Waals surface area contributed by atoms with E-state index < -0.39 is 0 Å². The van der Waals surface area contributed by atoms with Crippen molar-refractivity contribution in [1.82, 2.24) is 0 Å². The fourth-order valence-corrected chi connectivity index (χ4v) is 2.47. The van der Waals surface area contributed by atoms with Gasteiger partial charge in [-0.2, -0.15) is 5.26 Å². The molecule has 0 bridgehead atoms. The number of ether oxygens (including phenoxy) is 2. The average Bonchev–Trinajstić information content (AvgIpc) is 2.53. The van der Waals surface area contributed by atoms with Gasteiger partial charge in [-0.05, 0) is 36.2 Å². The Hall–Kier alpha value is -2.18. The van der Waals surface area contributed by atoms with E-state index in [1.807, 2.05) is 24.3 Å². The van der Waals surface area contributed by atoms with Crippen molar-refractivity contribution < 1.29 is 9.47 Å². The predicted molar refractivity (Wildman–Crippen MR) is 83.1 cm³/mol. The van der Waals surface area contributed by atoms with Crippen LogP contribution in [0.3, 0.4) is 0 Å². The Balaban J connectivity index is 2.37. The van der Waals surface area contributed by atoms with E-state index in [9.17, 15) is 5.26 Å². The number of para-hydroxylation sites is 1. The zero-order valence-corrected chi connectivity index (χ0v) is 12.7. The molecule has 0 N–H and O–H groups in total. The van der Waals surface area contributed by atoms with Gasteiger partial charge in [-0.1, -0.05) is 29.8 Å². The van der Waals surface area contributed by atoms with Crippen molar-refractivity contribution >= 4 is 11.6 Å². The molecule has 0 heterocycles. The molecule has 0 saturated carbocycles. The Labute approximate surface area is 129 Å². The molecule has 2 rings (SSSR count). The third-order valence-corrected chi connectivity index (χ3v) is 3.57. The maximum absolute atomic E-state index is 9.53. The minimum Gasteiger partial charge on any atom is -0.496 e. The van der Waals surface area contributed by atoms with Crippen LogP contribution in [0.4, 0.5) is 0 Å². The highest BCUT2D eigenvalue weighted by molar-refractivity contribution is 6.30. The molecule has 0 aromatic heterocycles. The summed E-state index contributed by atoms with van der Waals surface area (Å²) in [5.41, 5.74) is 1.77. The van der Waals surface area contributed by atoms with E-state index >= 15 is 0 Å². The lowest BCUT2D eigenvalue weighted by atomic mass is 9.92. The number of hydrogen-bond donors (Lipinski definition) is 0. The molecule has 0 aliphatic carbocycles. The van der Waals surface area contributed by atoms with Crippen LogP contribution in [0, 0.1) is 11.3 Å². The third-order valence-electron chi connectivity index (χ3n) is 3.34. The Morgan fingerprint density at radius 3 is 2.48 bits per heavy atom. The van der Waals surface area contributed by atoms with E-state index in [0.717, 1.165) is 16.9 Å². The molecule has 1 unspecified atom stereocenters. The monoisotopic (exact) mass is 301 g/mol. The lowest BCUT2D eigenvalue weighted by Crippen LogP contribution is -2.04. The molecule has 108 valence electrons. The smallest absolute Gasteiger partial charge is 0.123 e. The van der Waals surface area contributed by atoms with Gasteiger partial charge in [0.15, 0.2) is 0 Å². The number of benzene rings is 2. The standard InChI is InChI=1S/C17H16ClNO2/c1-20-16-6-4-3-5-12(16)9-13(11-19)15-10-14(18)7-8-17(15)21-2/h3-8,10,13H,9H2,1-2H3. The number of hydrogen-bond acceptors (Lipinski definition) is 3. The molecule has 0 aliphatic heterocycles. The maximum atomic E-state index is 9.53. The summed E-state index contributed by atoms with van der Waals surface area (Å²) in [6, 6.07) is 15.3. The summed E-state index contributed by atoms with van der Waals surface area (Å²) < 4.78 is 10.7. The largest absolute Gasteiger partial charge is 0.496 e. The molecular weight excluding hydrogens is 286 g/mol. The molecule has 3 nitrogen and oxygen atoms in total. The van der Waals surface area contributed by atoms with Gasteiger partial charge in [0, 0.05) is 10.6 Å². The van der Waals surface area contributed by atoms with Crippen LogP contribution in [-0.4, -0.2) is 14.2 Å². The normalized spacial score (nSPS) is 11.5. The molecule has 2 aromatic carbocycles. The quantitative estimate of drug-likeness (QED) is 0.831. The van der Waals surface area contributed by atoms with Gasteiger partial charge in [0.25, 0.3) is 0 Å². The highest BCUT2D eigenvalue weighted by Crippen LogP contribution is 2.33. The summed E-state index contributed by atoms with van der Waals surface area (Å²) in [5.74, 6) is 1.09. The molecule has 21 heavy (non-hydrogen) atoms. The van der Waals surface area contributed by atoms with Crippen molar-refractivity contribution in [3.8, 4) is 17.6 Å². The Morgan fingerprint density at radius 1 is 1.10 bits per heavy atom. The molecule has 0 fully saturated rings. The lowest BCUT2D eigenvalue weighted by Gasteiger charge is -2.15. The van der Waals surface area contributed by atoms with Crippen LogP contribution in [0.15, 0.2) is 42.5 Å². The summed E-state index contributed by atoms with van der Waals surface area (Å²) >= 11 is 6.05. The van der Waals surface area contributed by atoms with Gasteiger partial charge in [-0.25, -0.2) is 0 Å². The SMILES string of the molecule is COc1ccccc1CC(C#N)c1cc(Cl)ccc1OC. The minimum atomic E-state index is -0.352. The first-order chi connectivity index (χ1) is 10.2. The van der Waals surface area contributed by atoms with Crippen molar-refractivity contribution in [2.45, 2.75) is 12.3 Å². The van der Waals surface area contributed by atoms with Gasteiger partial charge in [0.2, 0.25) is 0 Å². The van der Waals surface area contributed by atoms with Crippen LogP contribution < -0.4 is 9.47 Å². The Bertz CT molecular complexity index is 664. The van der Waals surface area contributed by atoms with Crippen molar-refractivity contribution in [3.05, 3.63) is 58.6 Å². The minimum absolute atomic E-state index is 0.352. The Kier molecular flexibility index (Phi) is 5.08. The molecular formula is C17H16ClNO2. The van der Waals surface area contributed by atoms with Crippen molar-refractivity contribution in [1.29, 1.82) is 5.26 Å². The van der Waals surface area contributed by atoms with E-state index in [1.165, 1.54) is 0 Å². The number of halogens is 1. The van der Waals surface area contributed by atoms with Gasteiger partial charge in [0.05, 0.1) is 26.2 Å². The van der Waals surface area contributed by atoms with E-state index in [2.05, 4.69) is 6.07 Å². The predicted octanol–water partition coefficient (Wildman–Crippen LogP) is 4.21. The van der Waals surface area contributed by atoms with Gasteiger partial charge in [0.1, 0.15) is 11.5 Å². The van der Waals surface area contributed by atoms with Gasteiger partial charge in [-0.15, -0.1) is 0 Å². The van der Waals surface area contributed by atoms with Crippen molar-refractivity contribution in [2.24, 2.45) is 0 Å². The summed E-state index contributed by atoms with van der Waals surface area (Å²) in [6.07, 6.45) is 0.539. The van der Waals surface area contributed by atoms with E-state index in [1.54, 1.807) is 32.4 Å². The van der Waals surface area contributed by atoms with E-state index in [4.69, 9.17) is 21.1 Å². The molecule has 2 aromatic rings. The first-order valence-electron chi connectivity index (χ1n) is 6.54. The molecule has 4 heteroatoms. The molecule has 0 radical (unpaired) electrons. The molecule has 0 saturated heterocycles. The molecule has 0 spiro atoms. The second-order valence-electron chi connectivity index (χ2n) is 4.58. The molecule has 0 aliphatic rings. The van der Waals surface area contributed by atoms with Gasteiger partial charge in [-0.3, -0.25) is 0 Å². The summed E-state index contributed by atoms with van der Waals surface area (Å²) in [4.78, 5) is 0. The number of nitriles is 1. The first-order valence-corrected chi connectivity index (χ1v) is 6.92. The van der Waals surface area contributed by atoms with Crippen LogP contribution in [0.1, 0.15) is 17.0 Å². The first kappa shape index (κ1) is 15.2. The second-order valence-corrected chi connectivity index (χ2v) is 5.02. The van der Waals surface area contributed by atoms with E-state index in [0.29, 0.717) is 17.2 Å². The number of methoxy groups -OCH3 is 2. The molecule has 0 amide bonds. The zero-order chi connectivity index (χ0) is 15.2. The topological polar surface area (TPSA) is 42.2 Å². The van der Waals surface area contributed by atoms with E-state index in [-0.39, 0.29) is 5.92 Å². The van der Waals surface area contributed by atoms with Crippen LogP contribution in [0.2, 0.25) is 5.02 Å². The Morgan fingerprint density at radius 2 is 1.81 bits per heavy atom. The van der Waals surface area contributed by atoms with Gasteiger partial charge < -0.3 is 9.47 Å². The second kappa shape index (κ2) is 7.01. The number of nitrogens with zero attached hydrogens (tertiary/aromatic N) is 1. The highest BCUT2D eigenvalue weighted by atomic mass is 35.5. The van der Waals surface area contributed by atoms with Crippen molar-refractivity contribution in [2.75, 3.05) is 14.2 Å². The maximum Gasteiger partial charge on any atom is 0.123 e. The van der Waals surface area contributed by atoms with Crippen LogP contribution in [-0.2, 0) is 6.42 Å². The lowest BCUT2D eigenvalue weighted by molar-refractivity contribution is 0.404. The fourth-order valence-electron chi connectivity index (χ4n) is 2.29. The molecule has 1 atom stereocenters. The summed E-state index contributed by atoms with van der Waals surface area (Å²) in [5, 5.41) is 10.1. The number of rotatable bonds is 5. The highest BCUT2D eigenvalue weighted by Gasteiger charge is 2.18. The van der Waals surface area contributed by atoms with Gasteiger partial charge >= 0.3 is 0 Å². The zero-order valence-electron chi connectivity index (χ0n) is 12.0. The van der Waals surface area contributed by atoms with Crippen LogP contribution >= 0.6 is 11.6 Å². The van der Waals surface area contributed by atoms with Crippen molar-refractivity contribution in [3.63, 3.8) is 0 Å². The average molecular weight is 302 g/mol. The van der Waals surface area contributed by atoms with Crippen LogP contribution in [0.25, 0.3) is 0 Å². The summed E-state index contributed by atoms with van der Waals surface area (Å²) in [6.45, 7) is 0.